The minimum Gasteiger partial charge on any atom is -0.356 e. The van der Waals surface area contributed by atoms with Crippen molar-refractivity contribution in [2.45, 2.75) is 61.9 Å². The fourth-order valence-corrected chi connectivity index (χ4v) is 9.17. The number of carbonyl (C=O) groups is 2. The molecule has 0 spiro atoms. The van der Waals surface area contributed by atoms with Gasteiger partial charge in [0.1, 0.15) is 6.04 Å². The van der Waals surface area contributed by atoms with Gasteiger partial charge in [-0.05, 0) is 99.3 Å². The maximum atomic E-state index is 13.9. The zero-order valence-electron chi connectivity index (χ0n) is 25.0. The SMILES string of the molecule is O=C(CC1C(=O)Nc2ccccc2N1S(=O)(=O)c1ccc(Cl)c(Cl)c1)NCC1CCC(C(c2ccccc2)N2CCCC2)CC1. The molecule has 6 rings (SSSR count). The Balaban J connectivity index is 1.12. The number of amides is 2. The van der Waals surface area contributed by atoms with Crippen LogP contribution in [0.4, 0.5) is 11.4 Å². The van der Waals surface area contributed by atoms with Gasteiger partial charge in [-0.25, -0.2) is 8.42 Å². The predicted octanol–water partition coefficient (Wildman–Crippen LogP) is 6.66. The third-order valence-electron chi connectivity index (χ3n) is 9.41. The first-order valence-electron chi connectivity index (χ1n) is 15.7. The molecule has 0 aromatic heterocycles. The van der Waals surface area contributed by atoms with Crippen LogP contribution < -0.4 is 14.9 Å². The number of benzene rings is 3. The van der Waals surface area contributed by atoms with Crippen LogP contribution in [-0.4, -0.2) is 50.8 Å². The summed E-state index contributed by atoms with van der Waals surface area (Å²) in [5, 5.41) is 6.07. The summed E-state index contributed by atoms with van der Waals surface area (Å²) in [4.78, 5) is 29.1. The van der Waals surface area contributed by atoms with E-state index < -0.39 is 22.0 Å². The summed E-state index contributed by atoms with van der Waals surface area (Å²) in [6, 6.07) is 20.6. The molecule has 2 fully saturated rings. The van der Waals surface area contributed by atoms with Crippen molar-refractivity contribution in [3.05, 3.63) is 88.4 Å². The molecule has 2 unspecified atom stereocenters. The Morgan fingerprint density at radius 3 is 2.31 bits per heavy atom. The molecule has 2 atom stereocenters. The zero-order valence-corrected chi connectivity index (χ0v) is 27.3. The van der Waals surface area contributed by atoms with E-state index in [9.17, 15) is 18.0 Å². The number of halogens is 2. The molecule has 1 saturated carbocycles. The molecular weight excluding hydrogens is 631 g/mol. The van der Waals surface area contributed by atoms with Crippen LogP contribution >= 0.6 is 23.2 Å². The highest BCUT2D eigenvalue weighted by molar-refractivity contribution is 7.93. The Hall–Kier alpha value is -3.11. The molecule has 2 heterocycles. The lowest BCUT2D eigenvalue weighted by atomic mass is 9.76. The molecular formula is C34H38Cl2N4O4S. The van der Waals surface area contributed by atoms with Gasteiger partial charge >= 0.3 is 0 Å². The van der Waals surface area contributed by atoms with Gasteiger partial charge in [-0.15, -0.1) is 0 Å². The van der Waals surface area contributed by atoms with Crippen molar-refractivity contribution in [1.29, 1.82) is 0 Å². The molecule has 0 radical (unpaired) electrons. The van der Waals surface area contributed by atoms with E-state index in [0.717, 1.165) is 43.1 Å². The second kappa shape index (κ2) is 13.7. The molecule has 1 saturated heterocycles. The molecule has 3 aromatic rings. The van der Waals surface area contributed by atoms with Gasteiger partial charge in [0, 0.05) is 12.6 Å². The summed E-state index contributed by atoms with van der Waals surface area (Å²) in [7, 11) is -4.28. The fourth-order valence-electron chi connectivity index (χ4n) is 7.15. The van der Waals surface area contributed by atoms with E-state index >= 15 is 0 Å². The Labute approximate surface area is 275 Å². The molecule has 0 bridgehead atoms. The highest BCUT2D eigenvalue weighted by Gasteiger charge is 2.42. The Morgan fingerprint density at radius 2 is 1.60 bits per heavy atom. The Kier molecular flexibility index (Phi) is 9.71. The van der Waals surface area contributed by atoms with Crippen molar-refractivity contribution in [2.75, 3.05) is 29.3 Å². The molecule has 2 N–H and O–H groups in total. The van der Waals surface area contributed by atoms with Crippen LogP contribution in [-0.2, 0) is 19.6 Å². The maximum Gasteiger partial charge on any atom is 0.265 e. The molecule has 2 aliphatic heterocycles. The fraction of sp³-hybridized carbons (Fsp3) is 0.412. The van der Waals surface area contributed by atoms with Gasteiger partial charge in [0.25, 0.3) is 10.0 Å². The zero-order chi connectivity index (χ0) is 31.6. The van der Waals surface area contributed by atoms with Crippen molar-refractivity contribution in [1.82, 2.24) is 10.2 Å². The number of anilines is 2. The highest BCUT2D eigenvalue weighted by atomic mass is 35.5. The normalized spacial score (nSPS) is 22.8. The monoisotopic (exact) mass is 668 g/mol. The van der Waals surface area contributed by atoms with E-state index in [2.05, 4.69) is 45.9 Å². The molecule has 11 heteroatoms. The number of para-hydroxylation sites is 2. The summed E-state index contributed by atoms with van der Waals surface area (Å²) in [6.45, 7) is 2.79. The van der Waals surface area contributed by atoms with Crippen LogP contribution in [0.5, 0.6) is 0 Å². The van der Waals surface area contributed by atoms with E-state index in [0.29, 0.717) is 30.1 Å². The van der Waals surface area contributed by atoms with Crippen LogP contribution in [0.25, 0.3) is 0 Å². The van der Waals surface area contributed by atoms with Gasteiger partial charge in [0.15, 0.2) is 0 Å². The lowest BCUT2D eigenvalue weighted by Crippen LogP contribution is -2.53. The summed E-state index contributed by atoms with van der Waals surface area (Å²) >= 11 is 12.2. The highest BCUT2D eigenvalue weighted by Crippen LogP contribution is 2.42. The number of likely N-dealkylation sites (tertiary alicyclic amines) is 1. The summed E-state index contributed by atoms with van der Waals surface area (Å²) in [5.74, 6) is -0.0344. The average molecular weight is 670 g/mol. The van der Waals surface area contributed by atoms with Gasteiger partial charge in [0.05, 0.1) is 32.7 Å². The molecule has 3 aromatic carbocycles. The molecule has 3 aliphatic rings. The smallest absolute Gasteiger partial charge is 0.265 e. The molecule has 1 aliphatic carbocycles. The number of fused-ring (bicyclic) bond motifs is 1. The lowest BCUT2D eigenvalue weighted by Gasteiger charge is -2.39. The average Bonchev–Trinajstić information content (AvgIpc) is 3.57. The van der Waals surface area contributed by atoms with Crippen molar-refractivity contribution in [3.8, 4) is 0 Å². The van der Waals surface area contributed by atoms with Gasteiger partial charge in [-0.3, -0.25) is 18.8 Å². The first-order valence-corrected chi connectivity index (χ1v) is 17.9. The predicted molar refractivity (Wildman–Crippen MR) is 178 cm³/mol. The second-order valence-electron chi connectivity index (χ2n) is 12.3. The number of hydrogen-bond donors (Lipinski definition) is 2. The first kappa shape index (κ1) is 31.9. The first-order chi connectivity index (χ1) is 21.7. The quantitative estimate of drug-likeness (QED) is 0.266. The van der Waals surface area contributed by atoms with Gasteiger partial charge < -0.3 is 10.6 Å². The Morgan fingerprint density at radius 1 is 0.911 bits per heavy atom. The van der Waals surface area contributed by atoms with E-state index in [4.69, 9.17) is 23.2 Å². The standard InChI is InChI=1S/C34H38Cl2N4O4S/c35-27-17-16-26(20-28(27)36)45(43,44)40-30-11-5-4-10-29(30)38-34(42)31(40)21-32(41)37-22-23-12-14-25(15-13-23)33(39-18-6-7-19-39)24-8-2-1-3-9-24/h1-5,8-11,16-17,20,23,25,31,33H,6-7,12-15,18-19,21-22H2,(H,37,41)(H,38,42). The van der Waals surface area contributed by atoms with E-state index in [-0.39, 0.29) is 33.0 Å². The number of nitrogens with zero attached hydrogens (tertiary/aromatic N) is 2. The molecule has 45 heavy (non-hydrogen) atoms. The maximum absolute atomic E-state index is 13.9. The van der Waals surface area contributed by atoms with E-state index in [1.54, 1.807) is 24.3 Å². The Bertz CT molecular complexity index is 1640. The third-order valence-corrected chi connectivity index (χ3v) is 12.0. The van der Waals surface area contributed by atoms with Crippen LogP contribution in [0.1, 0.15) is 56.6 Å². The molecule has 8 nitrogen and oxygen atoms in total. The number of carbonyl (C=O) groups excluding carboxylic acids is 2. The van der Waals surface area contributed by atoms with Crippen molar-refractivity contribution in [2.24, 2.45) is 11.8 Å². The lowest BCUT2D eigenvalue weighted by molar-refractivity contribution is -0.125. The number of sulfonamides is 1. The number of nitrogens with one attached hydrogen (secondary N) is 2. The largest absolute Gasteiger partial charge is 0.356 e. The van der Waals surface area contributed by atoms with Crippen LogP contribution in [0, 0.1) is 11.8 Å². The van der Waals surface area contributed by atoms with Crippen LogP contribution in [0.2, 0.25) is 10.0 Å². The van der Waals surface area contributed by atoms with E-state index in [1.807, 2.05) is 0 Å². The van der Waals surface area contributed by atoms with Crippen LogP contribution in [0.15, 0.2) is 77.7 Å². The summed E-state index contributed by atoms with van der Waals surface area (Å²) in [5.41, 5.74) is 2.02. The van der Waals surface area contributed by atoms with Gasteiger partial charge in [0.2, 0.25) is 11.8 Å². The minimum absolute atomic E-state index is 0.0759. The van der Waals surface area contributed by atoms with Gasteiger partial charge in [-0.2, -0.15) is 0 Å². The third kappa shape index (κ3) is 6.87. The van der Waals surface area contributed by atoms with Gasteiger partial charge in [-0.1, -0.05) is 65.7 Å². The second-order valence-corrected chi connectivity index (χ2v) is 14.9. The topological polar surface area (TPSA) is 98.8 Å². The van der Waals surface area contributed by atoms with E-state index in [1.165, 1.54) is 36.6 Å². The van der Waals surface area contributed by atoms with Crippen molar-refractivity contribution >= 4 is 56.4 Å². The molecule has 238 valence electrons. The van der Waals surface area contributed by atoms with Crippen molar-refractivity contribution < 1.29 is 18.0 Å². The summed E-state index contributed by atoms with van der Waals surface area (Å²) in [6.07, 6.45) is 6.39. The number of hydrogen-bond acceptors (Lipinski definition) is 5. The summed E-state index contributed by atoms with van der Waals surface area (Å²) < 4.78 is 28.9. The minimum atomic E-state index is -4.28. The van der Waals surface area contributed by atoms with Crippen LogP contribution in [0.3, 0.4) is 0 Å². The van der Waals surface area contributed by atoms with Crippen molar-refractivity contribution in [3.63, 3.8) is 0 Å². The number of rotatable bonds is 9. The molecule has 2 amide bonds.